The van der Waals surface area contributed by atoms with Crippen LogP contribution in [0.2, 0.25) is 0 Å². The third-order valence-corrected chi connectivity index (χ3v) is 4.86. The maximum atomic E-state index is 8.38. The Kier molecular flexibility index (Phi) is 42.0. The zero-order chi connectivity index (χ0) is 10.5. The molecule has 0 aliphatic carbocycles. The van der Waals surface area contributed by atoms with Crippen LogP contribution in [0.5, 0.6) is 0 Å². The number of hydrogen-bond donors (Lipinski definition) is 0. The van der Waals surface area contributed by atoms with E-state index in [1.54, 1.807) is 0 Å². The minimum atomic E-state index is -1.25. The predicted octanol–water partition coefficient (Wildman–Crippen LogP) is -0.534. The van der Waals surface area contributed by atoms with Crippen molar-refractivity contribution < 1.29 is 15.5 Å². The number of hydrogen-bond acceptors (Lipinski definition) is 2. The van der Waals surface area contributed by atoms with E-state index in [-0.39, 0.29) is 43.2 Å². The van der Waals surface area contributed by atoms with Crippen molar-refractivity contribution in [1.29, 1.82) is 0 Å². The van der Waals surface area contributed by atoms with E-state index in [0.29, 0.717) is 7.92 Å². The fourth-order valence-electron chi connectivity index (χ4n) is 1.28. The Labute approximate surface area is 126 Å². The van der Waals surface area contributed by atoms with Crippen LogP contribution in [0.3, 0.4) is 0 Å². The van der Waals surface area contributed by atoms with Gasteiger partial charge in [-0.25, -0.2) is 0 Å². The molecule has 2 N–H and O–H groups in total. The monoisotopic (exact) mass is 262 g/mol. The molecule has 3 nitrogen and oxygen atoms in total. The average Bonchev–Trinajstić information content (AvgIpc) is 2.07. The zero-order valence-electron chi connectivity index (χ0n) is 10.4. The third-order valence-electron chi connectivity index (χ3n) is 1.62. The second kappa shape index (κ2) is 24.7. The molecule has 0 saturated heterocycles. The van der Waals surface area contributed by atoms with Gasteiger partial charge < -0.3 is 15.5 Å². The van der Waals surface area contributed by atoms with Crippen LogP contribution in [0.1, 0.15) is 40.0 Å². The van der Waals surface area contributed by atoms with Crippen molar-refractivity contribution >= 4 is 53.3 Å². The first-order chi connectivity index (χ1) is 6.26. The fourth-order valence-corrected chi connectivity index (χ4v) is 3.85. The van der Waals surface area contributed by atoms with Gasteiger partial charge in [-0.3, -0.25) is 0 Å². The van der Waals surface area contributed by atoms with Crippen LogP contribution in [0, 0.1) is 0 Å². The van der Waals surface area contributed by atoms with Crippen molar-refractivity contribution in [2.24, 2.45) is 0 Å². The van der Waals surface area contributed by atoms with Crippen molar-refractivity contribution in [2.75, 3.05) is 18.5 Å². The van der Waals surface area contributed by atoms with Crippen molar-refractivity contribution in [3.63, 3.8) is 0 Å². The summed E-state index contributed by atoms with van der Waals surface area (Å²) >= 11 is 0. The summed E-state index contributed by atoms with van der Waals surface area (Å²) in [7, 11) is -0.811. The molecule has 0 spiro atoms. The van der Waals surface area contributed by atoms with E-state index in [1.165, 1.54) is 37.7 Å². The van der Waals surface area contributed by atoms with Crippen molar-refractivity contribution in [3.05, 3.63) is 0 Å². The van der Waals surface area contributed by atoms with Gasteiger partial charge >= 0.3 is 37.7 Å². The summed E-state index contributed by atoms with van der Waals surface area (Å²) in [5.74, 6) is 0. The molecule has 0 heterocycles. The Balaban J connectivity index is -0.000000108. The molecule has 0 aliphatic rings. The summed E-state index contributed by atoms with van der Waals surface area (Å²) in [6, 6.07) is 0. The summed E-state index contributed by atoms with van der Waals surface area (Å²) in [4.78, 5) is 0. The molecular weight excluding hydrogens is 238 g/mol. The molecule has 0 fully saturated rings. The first-order valence-electron chi connectivity index (χ1n) is 5.15. The predicted molar refractivity (Wildman–Crippen MR) is 68.9 cm³/mol. The Morgan fingerprint density at radius 3 is 1.20 bits per heavy atom. The van der Waals surface area contributed by atoms with Crippen LogP contribution in [0.15, 0.2) is 0 Å². The summed E-state index contributed by atoms with van der Waals surface area (Å²) in [5, 5.41) is 16.8. The van der Waals surface area contributed by atoms with Gasteiger partial charge in [0.05, 0.1) is 0 Å². The Morgan fingerprint density at radius 1 is 0.867 bits per heavy atom. The molecule has 0 aromatic carbocycles. The largest absolute Gasteiger partial charge is 2.00 e. The van der Waals surface area contributed by atoms with Gasteiger partial charge in [-0.15, -0.1) is 15.6 Å². The van der Waals surface area contributed by atoms with Crippen LogP contribution in [0.4, 0.5) is 0 Å². The summed E-state index contributed by atoms with van der Waals surface area (Å²) in [6.45, 7) is 6.92. The maximum absolute atomic E-state index is 8.38. The molecule has 6 heteroatoms. The second-order valence-electron chi connectivity index (χ2n) is 2.96. The molecular formula is C9H24BCaO3P. The maximum Gasteiger partial charge on any atom is 2.00 e. The molecule has 0 atom stereocenters. The van der Waals surface area contributed by atoms with E-state index >= 15 is 0 Å². The van der Waals surface area contributed by atoms with Gasteiger partial charge in [-0.1, -0.05) is 40.0 Å². The van der Waals surface area contributed by atoms with Crippen molar-refractivity contribution in [2.45, 2.75) is 40.0 Å². The second-order valence-corrected chi connectivity index (χ2v) is 5.64. The summed E-state index contributed by atoms with van der Waals surface area (Å²) in [5.41, 5.74) is 0. The first-order valence-corrected chi connectivity index (χ1v) is 7.04. The Morgan fingerprint density at radius 2 is 1.07 bits per heavy atom. The van der Waals surface area contributed by atoms with Gasteiger partial charge in [0.25, 0.3) is 0 Å². The quantitative estimate of drug-likeness (QED) is 0.476. The zero-order valence-corrected chi connectivity index (χ0v) is 13.5. The van der Waals surface area contributed by atoms with Gasteiger partial charge in [-0.2, -0.15) is 0 Å². The molecule has 0 aromatic heterocycles. The SMILES string of the molecule is CCCP(CCC)CCC.O.[Ca+2].[O-]B[O-]. The average molecular weight is 262 g/mol. The van der Waals surface area contributed by atoms with Crippen molar-refractivity contribution in [3.8, 4) is 0 Å². The van der Waals surface area contributed by atoms with Crippen LogP contribution < -0.4 is 10.0 Å². The van der Waals surface area contributed by atoms with Crippen LogP contribution in [0.25, 0.3) is 0 Å². The topological polar surface area (TPSA) is 77.6 Å². The Bertz CT molecular complexity index is 77.5. The van der Waals surface area contributed by atoms with Gasteiger partial charge in [0.15, 0.2) is 0 Å². The molecule has 0 aliphatic heterocycles. The summed E-state index contributed by atoms with van der Waals surface area (Å²) < 4.78 is 0. The summed E-state index contributed by atoms with van der Waals surface area (Å²) in [6.07, 6.45) is 8.72. The molecule has 0 saturated carbocycles. The normalized spacial score (nSPS) is 8.13. The van der Waals surface area contributed by atoms with E-state index < -0.39 is 7.69 Å². The molecule has 0 rings (SSSR count). The minimum Gasteiger partial charge on any atom is -0.896 e. The van der Waals surface area contributed by atoms with E-state index in [2.05, 4.69) is 20.8 Å². The van der Waals surface area contributed by atoms with E-state index in [9.17, 15) is 0 Å². The fraction of sp³-hybridized carbons (Fsp3) is 1.00. The molecule has 0 unspecified atom stereocenters. The molecule has 0 bridgehead atoms. The van der Waals surface area contributed by atoms with E-state index in [1.807, 2.05) is 0 Å². The van der Waals surface area contributed by atoms with E-state index in [0.717, 1.165) is 0 Å². The van der Waals surface area contributed by atoms with Gasteiger partial charge in [0, 0.05) is 0 Å². The molecule has 0 aromatic rings. The van der Waals surface area contributed by atoms with Gasteiger partial charge in [0.1, 0.15) is 0 Å². The molecule has 88 valence electrons. The van der Waals surface area contributed by atoms with Crippen LogP contribution >= 0.6 is 7.92 Å². The van der Waals surface area contributed by atoms with Crippen LogP contribution in [-0.2, 0) is 0 Å². The minimum absolute atomic E-state index is 0. The van der Waals surface area contributed by atoms with Gasteiger partial charge in [0.2, 0.25) is 0 Å². The smallest absolute Gasteiger partial charge is 0.896 e. The number of rotatable bonds is 6. The third kappa shape index (κ3) is 25.7. The van der Waals surface area contributed by atoms with E-state index in [4.69, 9.17) is 10.0 Å². The van der Waals surface area contributed by atoms with Gasteiger partial charge in [-0.05, 0) is 18.5 Å². The molecule has 0 radical (unpaired) electrons. The molecule has 0 amide bonds. The molecule has 15 heavy (non-hydrogen) atoms. The standard InChI is InChI=1S/C9H21P.BHO2.Ca.H2O/c1-4-7-10(8-5-2)9-6-3;2-1-3;;/h4-9H2,1-3H3;1H;;1H2/q;-2;+2;. The Hall–Kier alpha value is 1.63. The van der Waals surface area contributed by atoms with Crippen LogP contribution in [-0.4, -0.2) is 69.4 Å². The van der Waals surface area contributed by atoms with Crippen molar-refractivity contribution in [1.82, 2.24) is 0 Å². The first kappa shape index (κ1) is 25.5.